The van der Waals surface area contributed by atoms with Crippen LogP contribution in [0, 0.1) is 5.92 Å². The van der Waals surface area contributed by atoms with Crippen LogP contribution in [-0.2, 0) is 12.6 Å². The monoisotopic (exact) mass is 473 g/mol. The van der Waals surface area contributed by atoms with Crippen molar-refractivity contribution in [2.45, 2.75) is 19.0 Å². The van der Waals surface area contributed by atoms with Gasteiger partial charge in [-0.05, 0) is 42.5 Å². The van der Waals surface area contributed by atoms with E-state index in [9.17, 15) is 18.0 Å². The van der Waals surface area contributed by atoms with Gasteiger partial charge in [0.1, 0.15) is 10.9 Å². The van der Waals surface area contributed by atoms with Crippen LogP contribution < -0.4 is 0 Å². The van der Waals surface area contributed by atoms with Crippen molar-refractivity contribution in [3.8, 4) is 11.3 Å². The number of benzene rings is 1. The largest absolute Gasteiger partial charge is 0.464 e. The highest BCUT2D eigenvalue weighted by atomic mass is 35.5. The van der Waals surface area contributed by atoms with Crippen LogP contribution in [0.4, 0.5) is 13.2 Å². The minimum atomic E-state index is -4.69. The second kappa shape index (κ2) is 8.26. The summed E-state index contributed by atoms with van der Waals surface area (Å²) in [6, 6.07) is 14.1. The first kappa shape index (κ1) is 21.6. The van der Waals surface area contributed by atoms with E-state index in [4.69, 9.17) is 16.0 Å². The fraction of sp³-hybridized carbons (Fsp3) is 0.250. The summed E-state index contributed by atoms with van der Waals surface area (Å²) in [5, 5.41) is -0.152. The summed E-state index contributed by atoms with van der Waals surface area (Å²) in [6.45, 7) is 1.01. The van der Waals surface area contributed by atoms with Gasteiger partial charge in [-0.25, -0.2) is 4.98 Å². The predicted molar refractivity (Wildman–Crippen MR) is 117 cm³/mol. The van der Waals surface area contributed by atoms with Crippen LogP contribution in [0.1, 0.15) is 28.0 Å². The number of rotatable bonds is 4. The van der Waals surface area contributed by atoms with Crippen molar-refractivity contribution in [2.24, 2.45) is 5.92 Å². The first-order chi connectivity index (χ1) is 15.8. The highest BCUT2D eigenvalue weighted by Gasteiger charge is 2.37. The van der Waals surface area contributed by atoms with E-state index < -0.39 is 23.3 Å². The fourth-order valence-electron chi connectivity index (χ4n) is 4.32. The zero-order valence-electron chi connectivity index (χ0n) is 17.3. The number of hydrogen-bond donors (Lipinski definition) is 0. The van der Waals surface area contributed by atoms with Gasteiger partial charge in [0.05, 0.1) is 11.8 Å². The Bertz CT molecular complexity index is 1300. The lowest BCUT2D eigenvalue weighted by atomic mass is 9.99. The molecule has 1 aliphatic rings. The van der Waals surface area contributed by atoms with Gasteiger partial charge in [0.25, 0.3) is 5.91 Å². The highest BCUT2D eigenvalue weighted by Crippen LogP contribution is 2.37. The minimum absolute atomic E-state index is 0.152. The molecule has 1 aliphatic heterocycles. The topological polar surface area (TPSA) is 50.8 Å². The molecule has 0 radical (unpaired) electrons. The molecule has 170 valence electrons. The average molecular weight is 474 g/mol. The van der Waals surface area contributed by atoms with Gasteiger partial charge in [-0.15, -0.1) is 0 Å². The second-order valence-electron chi connectivity index (χ2n) is 8.16. The second-order valence-corrected chi connectivity index (χ2v) is 8.52. The summed E-state index contributed by atoms with van der Waals surface area (Å²) in [6.07, 6.45) is -0.280. The van der Waals surface area contributed by atoms with Gasteiger partial charge < -0.3 is 9.32 Å². The molecule has 0 aliphatic carbocycles. The Morgan fingerprint density at radius 2 is 1.97 bits per heavy atom. The Kier molecular flexibility index (Phi) is 5.40. The molecule has 5 rings (SSSR count). The van der Waals surface area contributed by atoms with E-state index in [1.54, 1.807) is 17.0 Å². The van der Waals surface area contributed by atoms with Crippen LogP contribution in [0.5, 0.6) is 0 Å². The number of likely N-dealkylation sites (tertiary alicyclic amines) is 1. The number of alkyl halides is 3. The predicted octanol–water partition coefficient (Wildman–Crippen LogP) is 5.97. The van der Waals surface area contributed by atoms with Crippen LogP contribution in [0.15, 0.2) is 65.4 Å². The van der Waals surface area contributed by atoms with Crippen LogP contribution in [-0.4, -0.2) is 33.3 Å². The number of fused-ring (bicyclic) bond motifs is 1. The molecule has 0 N–H and O–H groups in total. The molecule has 0 spiro atoms. The maximum atomic E-state index is 13.8. The molecule has 1 amide bonds. The third-order valence-electron chi connectivity index (χ3n) is 5.92. The molecule has 33 heavy (non-hydrogen) atoms. The first-order valence-electron chi connectivity index (χ1n) is 10.5. The maximum Gasteiger partial charge on any atom is 0.420 e. The van der Waals surface area contributed by atoms with Crippen LogP contribution in [0.3, 0.4) is 0 Å². The third kappa shape index (κ3) is 4.11. The van der Waals surface area contributed by atoms with Gasteiger partial charge >= 0.3 is 6.18 Å². The number of aromatic nitrogens is 2. The Morgan fingerprint density at radius 3 is 2.67 bits per heavy atom. The van der Waals surface area contributed by atoms with Crippen molar-refractivity contribution in [2.75, 3.05) is 13.1 Å². The number of carbonyl (C=O) groups excluding carboxylic acids is 1. The van der Waals surface area contributed by atoms with E-state index in [1.807, 2.05) is 30.3 Å². The Morgan fingerprint density at radius 1 is 1.18 bits per heavy atom. The maximum absolute atomic E-state index is 13.8. The molecule has 9 heteroatoms. The zero-order valence-corrected chi connectivity index (χ0v) is 18.1. The Balaban J connectivity index is 1.47. The zero-order chi connectivity index (χ0) is 23.2. The van der Waals surface area contributed by atoms with Gasteiger partial charge in [0.2, 0.25) is 0 Å². The lowest BCUT2D eigenvalue weighted by Crippen LogP contribution is -2.29. The van der Waals surface area contributed by atoms with Crippen molar-refractivity contribution in [3.05, 3.63) is 83.0 Å². The molecular weight excluding hydrogens is 455 g/mol. The minimum Gasteiger partial charge on any atom is -0.464 e. The third-order valence-corrected chi connectivity index (χ3v) is 6.28. The molecule has 0 saturated carbocycles. The molecule has 0 bridgehead atoms. The normalized spacial score (nSPS) is 16.6. The van der Waals surface area contributed by atoms with Crippen LogP contribution in [0.25, 0.3) is 17.0 Å². The van der Waals surface area contributed by atoms with Crippen molar-refractivity contribution >= 4 is 23.2 Å². The molecule has 1 saturated heterocycles. The summed E-state index contributed by atoms with van der Waals surface area (Å²) in [7, 11) is 0. The van der Waals surface area contributed by atoms with E-state index in [1.165, 1.54) is 18.0 Å². The number of carbonyl (C=O) groups is 1. The molecular formula is C24H19ClF3N3O2. The molecule has 5 nitrogen and oxygen atoms in total. The van der Waals surface area contributed by atoms with Gasteiger partial charge in [0.15, 0.2) is 11.3 Å². The molecule has 1 fully saturated rings. The van der Waals surface area contributed by atoms with E-state index in [0.717, 1.165) is 23.3 Å². The summed E-state index contributed by atoms with van der Waals surface area (Å²) in [5.74, 6) is 0.0544. The Hall–Kier alpha value is -3.26. The van der Waals surface area contributed by atoms with Crippen molar-refractivity contribution in [1.82, 2.24) is 14.3 Å². The van der Waals surface area contributed by atoms with E-state index in [0.29, 0.717) is 13.1 Å². The highest BCUT2D eigenvalue weighted by molar-refractivity contribution is 6.33. The van der Waals surface area contributed by atoms with E-state index in [-0.39, 0.29) is 28.1 Å². The number of hydrogen-bond acceptors (Lipinski definition) is 3. The number of amides is 1. The van der Waals surface area contributed by atoms with Crippen molar-refractivity contribution < 1.29 is 22.4 Å². The van der Waals surface area contributed by atoms with Crippen LogP contribution >= 0.6 is 11.6 Å². The number of halogens is 4. The summed E-state index contributed by atoms with van der Waals surface area (Å²) < 4.78 is 47.8. The van der Waals surface area contributed by atoms with Gasteiger partial charge in [-0.2, -0.15) is 13.2 Å². The average Bonchev–Trinajstić information content (AvgIpc) is 3.54. The number of pyridine rings is 1. The van der Waals surface area contributed by atoms with Gasteiger partial charge in [0, 0.05) is 24.8 Å². The summed E-state index contributed by atoms with van der Waals surface area (Å²) in [4.78, 5) is 18.8. The summed E-state index contributed by atoms with van der Waals surface area (Å²) >= 11 is 6.41. The van der Waals surface area contributed by atoms with Gasteiger partial charge in [-0.1, -0.05) is 41.9 Å². The standard InChI is InChI=1S/C24H19ClF3N3O2/c25-21-20(23(32)30-9-8-16(13-30)11-15-5-2-1-3-6-15)29-22-18(24(26,27)28)12-17(14-31(21)22)19-7-4-10-33-19/h1-7,10,12,14,16H,8-9,11,13H2. The quantitative estimate of drug-likeness (QED) is 0.367. The lowest BCUT2D eigenvalue weighted by Gasteiger charge is -2.15. The number of nitrogens with zero attached hydrogens (tertiary/aromatic N) is 3. The molecule has 1 unspecified atom stereocenters. The van der Waals surface area contributed by atoms with E-state index >= 15 is 0 Å². The smallest absolute Gasteiger partial charge is 0.420 e. The molecule has 4 heterocycles. The SMILES string of the molecule is O=C(c1nc2c(C(F)(F)F)cc(-c3ccco3)cn2c1Cl)N1CCC(Cc2ccccc2)C1. The van der Waals surface area contributed by atoms with Crippen molar-refractivity contribution in [3.63, 3.8) is 0 Å². The van der Waals surface area contributed by atoms with Crippen LogP contribution in [0.2, 0.25) is 5.15 Å². The molecule has 4 aromatic rings. The molecule has 3 aromatic heterocycles. The Labute approximate surface area is 192 Å². The molecule has 1 aromatic carbocycles. The van der Waals surface area contributed by atoms with E-state index in [2.05, 4.69) is 4.98 Å². The first-order valence-corrected chi connectivity index (χ1v) is 10.8. The van der Waals surface area contributed by atoms with Crippen molar-refractivity contribution in [1.29, 1.82) is 0 Å². The lowest BCUT2D eigenvalue weighted by molar-refractivity contribution is -0.136. The fourth-order valence-corrected chi connectivity index (χ4v) is 4.57. The number of furan rings is 1. The molecule has 1 atom stereocenters. The summed E-state index contributed by atoms with van der Waals surface area (Å²) in [5.41, 5.74) is -0.212. The van der Waals surface area contributed by atoms with Gasteiger partial charge in [-0.3, -0.25) is 9.20 Å². The number of imidazole rings is 1.